The number of ether oxygens (including phenoxy) is 3. The first-order chi connectivity index (χ1) is 34.0. The van der Waals surface area contributed by atoms with E-state index >= 15 is 0 Å². The smallest absolute Gasteiger partial charge is 0.306 e. The Labute approximate surface area is 427 Å². The molecule has 0 rings (SSSR count). The van der Waals surface area contributed by atoms with Crippen molar-refractivity contribution in [2.24, 2.45) is 0 Å². The molecule has 0 aromatic carbocycles. The van der Waals surface area contributed by atoms with Crippen molar-refractivity contribution in [2.75, 3.05) is 13.2 Å². The van der Waals surface area contributed by atoms with E-state index < -0.39 is 6.10 Å². The van der Waals surface area contributed by atoms with E-state index in [0.717, 1.165) is 109 Å². The average molecular weight is 964 g/mol. The van der Waals surface area contributed by atoms with E-state index in [4.69, 9.17) is 14.2 Å². The molecular weight excluding hydrogens is 853 g/mol. The number of carbonyl (C=O) groups is 3. The molecular formula is C63H110O6. The maximum Gasteiger partial charge on any atom is 0.306 e. The molecule has 0 aliphatic rings. The van der Waals surface area contributed by atoms with Gasteiger partial charge in [0.2, 0.25) is 0 Å². The van der Waals surface area contributed by atoms with Crippen LogP contribution in [0.3, 0.4) is 0 Å². The number of allylic oxidation sites excluding steroid dienone is 12. The first-order valence-corrected chi connectivity index (χ1v) is 29.4. The van der Waals surface area contributed by atoms with Crippen molar-refractivity contribution in [3.8, 4) is 0 Å². The van der Waals surface area contributed by atoms with Gasteiger partial charge in [0.05, 0.1) is 0 Å². The zero-order chi connectivity index (χ0) is 50.0. The first kappa shape index (κ1) is 65.8. The van der Waals surface area contributed by atoms with Gasteiger partial charge < -0.3 is 14.2 Å². The maximum absolute atomic E-state index is 12.9. The minimum atomic E-state index is -0.784. The number of hydrogen-bond donors (Lipinski definition) is 0. The summed E-state index contributed by atoms with van der Waals surface area (Å²) in [7, 11) is 0. The third-order valence-corrected chi connectivity index (χ3v) is 12.7. The molecule has 0 spiro atoms. The summed E-state index contributed by atoms with van der Waals surface area (Å²) in [6.45, 7) is 6.44. The Morgan fingerprint density at radius 3 is 0.884 bits per heavy atom. The van der Waals surface area contributed by atoms with Gasteiger partial charge in [0.15, 0.2) is 6.10 Å². The van der Waals surface area contributed by atoms with Crippen molar-refractivity contribution in [3.05, 3.63) is 72.9 Å². The van der Waals surface area contributed by atoms with Crippen molar-refractivity contribution in [2.45, 2.75) is 297 Å². The number of hydrogen-bond acceptors (Lipinski definition) is 6. The Kier molecular flexibility index (Phi) is 54.8. The fraction of sp³-hybridized carbons (Fsp3) is 0.762. The predicted octanol–water partition coefficient (Wildman–Crippen LogP) is 19.8. The quantitative estimate of drug-likeness (QED) is 0.0262. The van der Waals surface area contributed by atoms with Gasteiger partial charge in [-0.2, -0.15) is 0 Å². The van der Waals surface area contributed by atoms with Crippen LogP contribution in [0, 0.1) is 0 Å². The van der Waals surface area contributed by atoms with E-state index in [0.29, 0.717) is 19.3 Å². The summed E-state index contributed by atoms with van der Waals surface area (Å²) < 4.78 is 16.9. The topological polar surface area (TPSA) is 78.9 Å². The number of unbranched alkanes of at least 4 members (excludes halogenated alkanes) is 30. The van der Waals surface area contributed by atoms with Gasteiger partial charge in [-0.15, -0.1) is 0 Å². The molecule has 69 heavy (non-hydrogen) atoms. The van der Waals surface area contributed by atoms with E-state index in [-0.39, 0.29) is 31.1 Å². The standard InChI is InChI=1S/C63H110O6/c1-4-7-10-13-16-19-22-25-28-31-32-33-36-38-41-44-47-50-53-56-62(65)68-59-60(69-63(66)57-54-51-48-45-42-39-35-30-27-24-21-18-15-12-9-6-3)58-67-61(64)55-52-49-46-43-40-37-34-29-26-23-20-17-14-11-8-5-2/h7,9-10,12,16,18-19,21,25,27-28,30,60H,4-6,8,11,13-15,17,20,22-24,26,29,31-59H2,1-3H3/b10-7-,12-9-,19-16-,21-18-,28-25-,30-27-. The van der Waals surface area contributed by atoms with Gasteiger partial charge in [0, 0.05) is 19.3 Å². The van der Waals surface area contributed by atoms with Crippen LogP contribution in [0.25, 0.3) is 0 Å². The molecule has 0 aromatic rings. The normalized spacial score (nSPS) is 12.6. The Morgan fingerprint density at radius 2 is 0.565 bits per heavy atom. The molecule has 0 bridgehead atoms. The lowest BCUT2D eigenvalue weighted by Gasteiger charge is -2.18. The fourth-order valence-electron chi connectivity index (χ4n) is 8.36. The Balaban J connectivity index is 4.38. The summed E-state index contributed by atoms with van der Waals surface area (Å²) in [6.07, 6.45) is 73.2. The van der Waals surface area contributed by atoms with E-state index in [1.165, 1.54) is 141 Å². The Morgan fingerprint density at radius 1 is 0.304 bits per heavy atom. The molecule has 0 saturated carbocycles. The van der Waals surface area contributed by atoms with E-state index in [1.807, 2.05) is 0 Å². The highest BCUT2D eigenvalue weighted by atomic mass is 16.6. The predicted molar refractivity (Wildman–Crippen MR) is 298 cm³/mol. The summed E-state index contributed by atoms with van der Waals surface area (Å²) in [5.74, 6) is -0.887. The molecule has 1 atom stereocenters. The van der Waals surface area contributed by atoms with E-state index in [2.05, 4.69) is 93.7 Å². The average Bonchev–Trinajstić information content (AvgIpc) is 3.35. The molecule has 398 valence electrons. The second-order valence-corrected chi connectivity index (χ2v) is 19.5. The Hall–Kier alpha value is -3.15. The third kappa shape index (κ3) is 55.6. The fourth-order valence-corrected chi connectivity index (χ4v) is 8.36. The second-order valence-electron chi connectivity index (χ2n) is 19.5. The Bertz CT molecular complexity index is 1290. The zero-order valence-electron chi connectivity index (χ0n) is 45.6. The van der Waals surface area contributed by atoms with Gasteiger partial charge in [0.1, 0.15) is 13.2 Å². The van der Waals surface area contributed by atoms with Crippen LogP contribution in [-0.2, 0) is 28.6 Å². The lowest BCUT2D eigenvalue weighted by Crippen LogP contribution is -2.30. The minimum absolute atomic E-state index is 0.0799. The summed E-state index contributed by atoms with van der Waals surface area (Å²) in [5, 5.41) is 0. The van der Waals surface area contributed by atoms with E-state index in [1.54, 1.807) is 0 Å². The van der Waals surface area contributed by atoms with Crippen molar-refractivity contribution >= 4 is 17.9 Å². The number of rotatable bonds is 53. The van der Waals surface area contributed by atoms with Crippen molar-refractivity contribution in [1.29, 1.82) is 0 Å². The highest BCUT2D eigenvalue weighted by Crippen LogP contribution is 2.16. The summed E-state index contributed by atoms with van der Waals surface area (Å²) >= 11 is 0. The summed E-state index contributed by atoms with van der Waals surface area (Å²) in [6, 6.07) is 0. The highest BCUT2D eigenvalue weighted by molar-refractivity contribution is 5.71. The molecule has 0 amide bonds. The maximum atomic E-state index is 12.9. The molecule has 0 heterocycles. The van der Waals surface area contributed by atoms with Crippen LogP contribution in [-0.4, -0.2) is 37.2 Å². The largest absolute Gasteiger partial charge is 0.462 e. The summed E-state index contributed by atoms with van der Waals surface area (Å²) in [5.41, 5.74) is 0. The molecule has 0 saturated heterocycles. The van der Waals surface area contributed by atoms with E-state index in [9.17, 15) is 14.4 Å². The van der Waals surface area contributed by atoms with Crippen LogP contribution in [0.2, 0.25) is 0 Å². The zero-order valence-corrected chi connectivity index (χ0v) is 45.6. The molecule has 0 aliphatic heterocycles. The number of esters is 3. The summed E-state index contributed by atoms with van der Waals surface area (Å²) in [4.78, 5) is 38.2. The van der Waals surface area contributed by atoms with Crippen molar-refractivity contribution in [1.82, 2.24) is 0 Å². The van der Waals surface area contributed by atoms with Gasteiger partial charge in [0.25, 0.3) is 0 Å². The van der Waals surface area contributed by atoms with Gasteiger partial charge in [-0.3, -0.25) is 14.4 Å². The lowest BCUT2D eigenvalue weighted by atomic mass is 10.0. The van der Waals surface area contributed by atoms with Crippen LogP contribution in [0.4, 0.5) is 0 Å². The molecule has 0 fully saturated rings. The lowest BCUT2D eigenvalue weighted by molar-refractivity contribution is -0.167. The van der Waals surface area contributed by atoms with Crippen molar-refractivity contribution < 1.29 is 28.6 Å². The van der Waals surface area contributed by atoms with Crippen LogP contribution in [0.1, 0.15) is 290 Å². The van der Waals surface area contributed by atoms with Gasteiger partial charge >= 0.3 is 17.9 Å². The SMILES string of the molecule is CC/C=C\C/C=C\C/C=C\CCCCCCCCCCCC(=O)OCC(COC(=O)CCCCCCCCCCCCCCCCCC)OC(=O)CCCCCCCC/C=C\C/C=C\C/C=C\CC. The second kappa shape index (κ2) is 57.4. The van der Waals surface area contributed by atoms with Crippen molar-refractivity contribution in [3.63, 3.8) is 0 Å². The molecule has 0 radical (unpaired) electrons. The molecule has 6 nitrogen and oxygen atoms in total. The molecule has 0 aromatic heterocycles. The van der Waals surface area contributed by atoms with Crippen LogP contribution in [0.5, 0.6) is 0 Å². The van der Waals surface area contributed by atoms with Crippen LogP contribution < -0.4 is 0 Å². The van der Waals surface area contributed by atoms with Gasteiger partial charge in [-0.1, -0.05) is 261 Å². The van der Waals surface area contributed by atoms with Crippen LogP contribution >= 0.6 is 0 Å². The monoisotopic (exact) mass is 963 g/mol. The molecule has 6 heteroatoms. The van der Waals surface area contributed by atoms with Gasteiger partial charge in [-0.25, -0.2) is 0 Å². The number of carbonyl (C=O) groups excluding carboxylic acids is 3. The first-order valence-electron chi connectivity index (χ1n) is 29.4. The third-order valence-electron chi connectivity index (χ3n) is 12.7. The molecule has 1 unspecified atom stereocenters. The highest BCUT2D eigenvalue weighted by Gasteiger charge is 2.19. The molecule has 0 N–H and O–H groups in total. The van der Waals surface area contributed by atoms with Gasteiger partial charge in [-0.05, 0) is 83.5 Å². The molecule has 0 aliphatic carbocycles. The van der Waals surface area contributed by atoms with Crippen LogP contribution in [0.15, 0.2) is 72.9 Å². The minimum Gasteiger partial charge on any atom is -0.462 e.